The van der Waals surface area contributed by atoms with Gasteiger partial charge < -0.3 is 14.5 Å². The van der Waals surface area contributed by atoms with Crippen LogP contribution in [0.1, 0.15) is 30.6 Å². The van der Waals surface area contributed by atoms with Crippen LogP contribution >= 0.6 is 0 Å². The number of aromatic amines is 1. The highest BCUT2D eigenvalue weighted by Gasteiger charge is 2.14. The number of aryl methyl sites for hydroxylation is 1. The highest BCUT2D eigenvalue weighted by molar-refractivity contribution is 5.56. The third-order valence-electron chi connectivity index (χ3n) is 3.67. The molecular weight excluding hydrogens is 254 g/mol. The summed E-state index contributed by atoms with van der Waals surface area (Å²) in [6, 6.07) is 3.93. The molecule has 3 heterocycles. The summed E-state index contributed by atoms with van der Waals surface area (Å²) >= 11 is 0. The number of nitrogens with zero attached hydrogens (tertiary/aromatic N) is 1. The number of nitrogens with one attached hydrogen (secondary N) is 2. The maximum atomic E-state index is 5.71. The number of H-pyrrole nitrogens is 1. The predicted octanol–water partition coefficient (Wildman–Crippen LogP) is 2.64. The van der Waals surface area contributed by atoms with E-state index in [1.165, 1.54) is 12.8 Å². The Hall–Kier alpha value is -1.59. The molecule has 0 amide bonds. The van der Waals surface area contributed by atoms with Crippen LogP contribution in [0, 0.1) is 6.92 Å². The van der Waals surface area contributed by atoms with Gasteiger partial charge in [-0.15, -0.1) is 0 Å². The SMILES string of the molecule is Cc1ccc(-c2[nH]ncc2CNCC2CCCCO2)o1. The van der Waals surface area contributed by atoms with Crippen LogP contribution in [0.3, 0.4) is 0 Å². The number of hydrogen-bond donors (Lipinski definition) is 2. The van der Waals surface area contributed by atoms with Crippen LogP contribution in [0.2, 0.25) is 0 Å². The summed E-state index contributed by atoms with van der Waals surface area (Å²) in [4.78, 5) is 0. The minimum Gasteiger partial charge on any atom is -0.460 e. The molecule has 0 aromatic carbocycles. The van der Waals surface area contributed by atoms with Crippen molar-refractivity contribution >= 4 is 0 Å². The minimum absolute atomic E-state index is 0.352. The standard InChI is InChI=1S/C15H21N3O2/c1-11-5-6-14(20-11)15-12(9-17-18-15)8-16-10-13-4-2-3-7-19-13/h5-6,9,13,16H,2-4,7-8,10H2,1H3,(H,17,18). The van der Waals surface area contributed by atoms with Crippen LogP contribution in [0.4, 0.5) is 0 Å². The predicted molar refractivity (Wildman–Crippen MR) is 76.3 cm³/mol. The van der Waals surface area contributed by atoms with E-state index in [1.54, 1.807) is 0 Å². The van der Waals surface area contributed by atoms with Gasteiger partial charge in [0.1, 0.15) is 11.5 Å². The molecule has 0 saturated carbocycles. The van der Waals surface area contributed by atoms with Crippen molar-refractivity contribution in [1.29, 1.82) is 0 Å². The van der Waals surface area contributed by atoms with Crippen molar-refractivity contribution in [3.63, 3.8) is 0 Å². The zero-order valence-corrected chi connectivity index (χ0v) is 11.8. The van der Waals surface area contributed by atoms with E-state index in [0.29, 0.717) is 6.10 Å². The van der Waals surface area contributed by atoms with E-state index in [0.717, 1.165) is 48.9 Å². The Morgan fingerprint density at radius 2 is 2.35 bits per heavy atom. The summed E-state index contributed by atoms with van der Waals surface area (Å²) in [6.07, 6.45) is 5.82. The largest absolute Gasteiger partial charge is 0.460 e. The molecule has 1 aliphatic rings. The molecule has 2 aromatic heterocycles. The van der Waals surface area contributed by atoms with Gasteiger partial charge in [-0.2, -0.15) is 5.10 Å². The second-order valence-electron chi connectivity index (χ2n) is 5.30. The fourth-order valence-corrected chi connectivity index (χ4v) is 2.56. The molecule has 0 spiro atoms. The van der Waals surface area contributed by atoms with E-state index in [2.05, 4.69) is 15.5 Å². The van der Waals surface area contributed by atoms with Crippen molar-refractivity contribution in [2.24, 2.45) is 0 Å². The second kappa shape index (κ2) is 6.24. The average molecular weight is 275 g/mol. The fourth-order valence-electron chi connectivity index (χ4n) is 2.56. The second-order valence-corrected chi connectivity index (χ2v) is 5.30. The van der Waals surface area contributed by atoms with Crippen molar-refractivity contribution in [3.05, 3.63) is 29.7 Å². The number of ether oxygens (including phenoxy) is 1. The molecule has 1 aliphatic heterocycles. The van der Waals surface area contributed by atoms with Crippen molar-refractivity contribution in [2.45, 2.75) is 38.8 Å². The summed E-state index contributed by atoms with van der Waals surface area (Å²) in [7, 11) is 0. The van der Waals surface area contributed by atoms with E-state index >= 15 is 0 Å². The molecule has 20 heavy (non-hydrogen) atoms. The average Bonchev–Trinajstić information content (AvgIpc) is 3.09. The van der Waals surface area contributed by atoms with Crippen molar-refractivity contribution < 1.29 is 9.15 Å². The molecule has 1 atom stereocenters. The molecule has 0 radical (unpaired) electrons. The molecule has 5 heteroatoms. The first-order chi connectivity index (χ1) is 9.83. The Bertz CT molecular complexity index is 541. The smallest absolute Gasteiger partial charge is 0.152 e. The first-order valence-corrected chi connectivity index (χ1v) is 7.24. The maximum absolute atomic E-state index is 5.71. The van der Waals surface area contributed by atoms with E-state index in [1.807, 2.05) is 25.3 Å². The Morgan fingerprint density at radius 3 is 3.10 bits per heavy atom. The van der Waals surface area contributed by atoms with E-state index in [-0.39, 0.29) is 0 Å². The molecular formula is C15H21N3O2. The summed E-state index contributed by atoms with van der Waals surface area (Å²) in [5.74, 6) is 1.75. The Labute approximate surface area is 118 Å². The molecule has 5 nitrogen and oxygen atoms in total. The highest BCUT2D eigenvalue weighted by atomic mass is 16.5. The third-order valence-corrected chi connectivity index (χ3v) is 3.67. The Morgan fingerprint density at radius 1 is 1.40 bits per heavy atom. The number of furan rings is 1. The van der Waals surface area contributed by atoms with Crippen molar-refractivity contribution in [2.75, 3.05) is 13.2 Å². The zero-order valence-electron chi connectivity index (χ0n) is 11.8. The van der Waals surface area contributed by atoms with Crippen LogP contribution in [0.15, 0.2) is 22.7 Å². The lowest BCUT2D eigenvalue weighted by Gasteiger charge is -2.22. The van der Waals surface area contributed by atoms with Gasteiger partial charge in [-0.3, -0.25) is 5.10 Å². The topological polar surface area (TPSA) is 63.1 Å². The van der Waals surface area contributed by atoms with Gasteiger partial charge in [-0.25, -0.2) is 0 Å². The van der Waals surface area contributed by atoms with E-state index in [9.17, 15) is 0 Å². The normalized spacial score (nSPS) is 19.4. The quantitative estimate of drug-likeness (QED) is 0.880. The molecule has 1 saturated heterocycles. The monoisotopic (exact) mass is 275 g/mol. The maximum Gasteiger partial charge on any atom is 0.152 e. The molecule has 0 aliphatic carbocycles. The third kappa shape index (κ3) is 3.11. The molecule has 3 rings (SSSR count). The summed E-state index contributed by atoms with van der Waals surface area (Å²) < 4.78 is 11.4. The fraction of sp³-hybridized carbons (Fsp3) is 0.533. The molecule has 1 unspecified atom stereocenters. The van der Waals surface area contributed by atoms with Crippen LogP contribution in [0.5, 0.6) is 0 Å². The van der Waals surface area contributed by atoms with Gasteiger partial charge in [0.05, 0.1) is 12.3 Å². The molecule has 2 aromatic rings. The van der Waals surface area contributed by atoms with Crippen molar-refractivity contribution in [3.8, 4) is 11.5 Å². The number of rotatable bonds is 5. The van der Waals surface area contributed by atoms with Crippen molar-refractivity contribution in [1.82, 2.24) is 15.5 Å². The van der Waals surface area contributed by atoms with Gasteiger partial charge in [0.2, 0.25) is 0 Å². The zero-order chi connectivity index (χ0) is 13.8. The van der Waals surface area contributed by atoms with E-state index in [4.69, 9.17) is 9.15 Å². The summed E-state index contributed by atoms with van der Waals surface area (Å²) in [5.41, 5.74) is 2.07. The van der Waals surface area contributed by atoms with Gasteiger partial charge >= 0.3 is 0 Å². The lowest BCUT2D eigenvalue weighted by atomic mass is 10.1. The van der Waals surface area contributed by atoms with Gasteiger partial charge in [-0.05, 0) is 38.3 Å². The summed E-state index contributed by atoms with van der Waals surface area (Å²) in [5, 5.41) is 10.6. The van der Waals surface area contributed by atoms with Gasteiger partial charge in [-0.1, -0.05) is 0 Å². The minimum atomic E-state index is 0.352. The lowest BCUT2D eigenvalue weighted by molar-refractivity contribution is 0.0168. The molecule has 1 fully saturated rings. The van der Waals surface area contributed by atoms with Gasteiger partial charge in [0.25, 0.3) is 0 Å². The van der Waals surface area contributed by atoms with E-state index < -0.39 is 0 Å². The number of aromatic nitrogens is 2. The first kappa shape index (κ1) is 13.4. The van der Waals surface area contributed by atoms with Crippen LogP contribution in [-0.2, 0) is 11.3 Å². The highest BCUT2D eigenvalue weighted by Crippen LogP contribution is 2.23. The molecule has 2 N–H and O–H groups in total. The van der Waals surface area contributed by atoms with Gasteiger partial charge in [0.15, 0.2) is 5.76 Å². The lowest BCUT2D eigenvalue weighted by Crippen LogP contribution is -2.31. The first-order valence-electron chi connectivity index (χ1n) is 7.24. The Balaban J connectivity index is 1.56. The summed E-state index contributed by atoms with van der Waals surface area (Å²) in [6.45, 7) is 4.50. The van der Waals surface area contributed by atoms with Crippen LogP contribution in [0.25, 0.3) is 11.5 Å². The molecule has 0 bridgehead atoms. The van der Waals surface area contributed by atoms with Crippen LogP contribution < -0.4 is 5.32 Å². The van der Waals surface area contributed by atoms with Gasteiger partial charge in [0, 0.05) is 25.3 Å². The van der Waals surface area contributed by atoms with Crippen LogP contribution in [-0.4, -0.2) is 29.5 Å². The number of hydrogen-bond acceptors (Lipinski definition) is 4. The molecule has 108 valence electrons. The Kier molecular flexibility index (Phi) is 4.18.